The van der Waals surface area contributed by atoms with Crippen LogP contribution >= 0.6 is 11.3 Å². The van der Waals surface area contributed by atoms with Gasteiger partial charge in [-0.3, -0.25) is 9.69 Å². The van der Waals surface area contributed by atoms with Crippen molar-refractivity contribution in [2.24, 2.45) is 0 Å². The van der Waals surface area contributed by atoms with E-state index in [9.17, 15) is 9.18 Å². The fourth-order valence-electron chi connectivity index (χ4n) is 2.53. The second-order valence-electron chi connectivity index (χ2n) is 5.24. The second-order valence-corrected chi connectivity index (χ2v) is 6.39. The molecule has 1 aliphatic heterocycles. The van der Waals surface area contributed by atoms with E-state index in [0.717, 1.165) is 24.5 Å². The number of hydrogen-bond donors (Lipinski definition) is 1. The molecule has 2 N–H and O–H groups in total. The molecule has 0 spiro atoms. The van der Waals surface area contributed by atoms with Gasteiger partial charge in [-0.25, -0.2) is 9.37 Å². The van der Waals surface area contributed by atoms with Gasteiger partial charge in [-0.1, -0.05) is 6.07 Å². The molecule has 3 rings (SSSR count). The van der Waals surface area contributed by atoms with Crippen molar-refractivity contribution in [3.63, 3.8) is 0 Å². The standard InChI is InChI=1S/C15H17FN4OS/c16-12-3-1-2-11(8-12)14(21)20-6-4-19(5-7-20)10-13-9-18-15(17)22-13/h1-3,8-9H,4-7,10H2,(H2,17,18). The highest BCUT2D eigenvalue weighted by molar-refractivity contribution is 7.15. The van der Waals surface area contributed by atoms with Gasteiger partial charge in [-0.15, -0.1) is 11.3 Å². The number of anilines is 1. The molecule has 2 aromatic rings. The molecule has 0 aliphatic carbocycles. The fraction of sp³-hybridized carbons (Fsp3) is 0.333. The summed E-state index contributed by atoms with van der Waals surface area (Å²) in [5.41, 5.74) is 6.03. The van der Waals surface area contributed by atoms with E-state index in [0.29, 0.717) is 23.8 Å². The van der Waals surface area contributed by atoms with Crippen molar-refractivity contribution in [1.82, 2.24) is 14.8 Å². The number of piperazine rings is 1. The molecule has 0 bridgehead atoms. The number of carbonyl (C=O) groups is 1. The molecule has 116 valence electrons. The molecule has 7 heteroatoms. The normalized spacial score (nSPS) is 16.0. The number of carbonyl (C=O) groups excluding carboxylic acids is 1. The zero-order chi connectivity index (χ0) is 15.5. The van der Waals surface area contributed by atoms with Gasteiger partial charge in [0.15, 0.2) is 5.13 Å². The summed E-state index contributed by atoms with van der Waals surface area (Å²) in [5, 5.41) is 0.579. The Bertz CT molecular complexity index is 667. The Hall–Kier alpha value is -1.99. The molecular formula is C15H17FN4OS. The number of nitrogens with two attached hydrogens (primary N) is 1. The van der Waals surface area contributed by atoms with Gasteiger partial charge < -0.3 is 10.6 Å². The van der Waals surface area contributed by atoms with Gasteiger partial charge in [-0.2, -0.15) is 0 Å². The van der Waals surface area contributed by atoms with Gasteiger partial charge in [0.25, 0.3) is 5.91 Å². The van der Waals surface area contributed by atoms with Crippen LogP contribution in [0, 0.1) is 5.82 Å². The van der Waals surface area contributed by atoms with Crippen LogP contribution in [0.4, 0.5) is 9.52 Å². The Morgan fingerprint density at radius 2 is 2.09 bits per heavy atom. The lowest BCUT2D eigenvalue weighted by atomic mass is 10.1. The summed E-state index contributed by atoms with van der Waals surface area (Å²) in [6, 6.07) is 5.84. The molecule has 1 aromatic carbocycles. The van der Waals surface area contributed by atoms with Gasteiger partial charge in [0.2, 0.25) is 0 Å². The summed E-state index contributed by atoms with van der Waals surface area (Å²) in [7, 11) is 0. The van der Waals surface area contributed by atoms with E-state index in [1.54, 1.807) is 23.2 Å². The maximum absolute atomic E-state index is 13.2. The van der Waals surface area contributed by atoms with Gasteiger partial charge in [0, 0.05) is 49.4 Å². The predicted molar refractivity (Wildman–Crippen MR) is 84.1 cm³/mol. The molecule has 1 amide bonds. The average Bonchev–Trinajstić information content (AvgIpc) is 2.92. The van der Waals surface area contributed by atoms with Crippen LogP contribution in [-0.2, 0) is 6.54 Å². The summed E-state index contributed by atoms with van der Waals surface area (Å²) < 4.78 is 13.2. The van der Waals surface area contributed by atoms with Gasteiger partial charge in [-0.05, 0) is 18.2 Å². The maximum atomic E-state index is 13.2. The number of aromatic nitrogens is 1. The molecule has 1 aliphatic rings. The van der Waals surface area contributed by atoms with Crippen LogP contribution in [0.25, 0.3) is 0 Å². The number of amides is 1. The Morgan fingerprint density at radius 3 is 2.73 bits per heavy atom. The van der Waals surface area contributed by atoms with E-state index in [-0.39, 0.29) is 11.7 Å². The van der Waals surface area contributed by atoms with Crippen molar-refractivity contribution < 1.29 is 9.18 Å². The minimum atomic E-state index is -0.382. The minimum Gasteiger partial charge on any atom is -0.375 e. The highest BCUT2D eigenvalue weighted by Gasteiger charge is 2.22. The fourth-order valence-corrected chi connectivity index (χ4v) is 3.26. The van der Waals surface area contributed by atoms with Crippen molar-refractivity contribution in [1.29, 1.82) is 0 Å². The molecule has 5 nitrogen and oxygen atoms in total. The molecule has 1 fully saturated rings. The monoisotopic (exact) mass is 320 g/mol. The van der Waals surface area contributed by atoms with Crippen LogP contribution < -0.4 is 5.73 Å². The number of halogens is 1. The van der Waals surface area contributed by atoms with Crippen LogP contribution in [0.2, 0.25) is 0 Å². The van der Waals surface area contributed by atoms with Crippen molar-refractivity contribution >= 4 is 22.4 Å². The van der Waals surface area contributed by atoms with E-state index < -0.39 is 0 Å². The lowest BCUT2D eigenvalue weighted by Gasteiger charge is -2.34. The molecule has 0 radical (unpaired) electrons. The van der Waals surface area contributed by atoms with Crippen LogP contribution in [-0.4, -0.2) is 46.9 Å². The lowest BCUT2D eigenvalue weighted by Crippen LogP contribution is -2.48. The summed E-state index contributed by atoms with van der Waals surface area (Å²) >= 11 is 1.49. The summed E-state index contributed by atoms with van der Waals surface area (Å²) in [6.07, 6.45) is 1.80. The first-order chi connectivity index (χ1) is 10.6. The third kappa shape index (κ3) is 3.42. The average molecular weight is 320 g/mol. The minimum absolute atomic E-state index is 0.110. The van der Waals surface area contributed by atoms with Crippen molar-refractivity contribution in [3.8, 4) is 0 Å². The Labute approximate surface area is 132 Å². The third-order valence-electron chi connectivity index (χ3n) is 3.68. The van der Waals surface area contributed by atoms with E-state index in [1.165, 1.54) is 23.5 Å². The quantitative estimate of drug-likeness (QED) is 0.937. The van der Waals surface area contributed by atoms with E-state index in [2.05, 4.69) is 9.88 Å². The number of rotatable bonds is 3. The van der Waals surface area contributed by atoms with Crippen LogP contribution in [0.5, 0.6) is 0 Å². The largest absolute Gasteiger partial charge is 0.375 e. The molecule has 0 atom stereocenters. The SMILES string of the molecule is Nc1ncc(CN2CCN(C(=O)c3cccc(F)c3)CC2)s1. The first-order valence-corrected chi connectivity index (χ1v) is 7.91. The highest BCUT2D eigenvalue weighted by atomic mass is 32.1. The van der Waals surface area contributed by atoms with Crippen molar-refractivity contribution in [3.05, 3.63) is 46.7 Å². The zero-order valence-electron chi connectivity index (χ0n) is 12.0. The van der Waals surface area contributed by atoms with E-state index in [4.69, 9.17) is 5.73 Å². The number of thiazole rings is 1. The van der Waals surface area contributed by atoms with Gasteiger partial charge in [0.1, 0.15) is 5.82 Å². The summed E-state index contributed by atoms with van der Waals surface area (Å²) in [5.74, 6) is -0.492. The molecular weight excluding hydrogens is 303 g/mol. The Balaban J connectivity index is 1.56. The van der Waals surface area contributed by atoms with Gasteiger partial charge >= 0.3 is 0 Å². The number of hydrogen-bond acceptors (Lipinski definition) is 5. The predicted octanol–water partition coefficient (Wildman–Crippen LogP) is 1.82. The number of nitrogens with zero attached hydrogens (tertiary/aromatic N) is 3. The van der Waals surface area contributed by atoms with Crippen molar-refractivity contribution in [2.75, 3.05) is 31.9 Å². The van der Waals surface area contributed by atoms with Crippen LogP contribution in [0.3, 0.4) is 0 Å². The summed E-state index contributed by atoms with van der Waals surface area (Å²) in [4.78, 5) is 21.5. The molecule has 2 heterocycles. The lowest BCUT2D eigenvalue weighted by molar-refractivity contribution is 0.0629. The Kier molecular flexibility index (Phi) is 4.35. The molecule has 0 saturated carbocycles. The van der Waals surface area contributed by atoms with E-state index in [1.807, 2.05) is 0 Å². The van der Waals surface area contributed by atoms with Crippen LogP contribution in [0.1, 0.15) is 15.2 Å². The molecule has 1 saturated heterocycles. The highest BCUT2D eigenvalue weighted by Crippen LogP contribution is 2.18. The maximum Gasteiger partial charge on any atom is 0.254 e. The molecule has 22 heavy (non-hydrogen) atoms. The molecule has 1 aromatic heterocycles. The smallest absolute Gasteiger partial charge is 0.254 e. The summed E-state index contributed by atoms with van der Waals surface area (Å²) in [6.45, 7) is 3.67. The first kappa shape index (κ1) is 14.9. The van der Waals surface area contributed by atoms with Crippen LogP contribution in [0.15, 0.2) is 30.5 Å². The van der Waals surface area contributed by atoms with Crippen molar-refractivity contribution in [2.45, 2.75) is 6.54 Å². The molecule has 0 unspecified atom stereocenters. The Morgan fingerprint density at radius 1 is 1.32 bits per heavy atom. The number of benzene rings is 1. The van der Waals surface area contributed by atoms with Gasteiger partial charge in [0.05, 0.1) is 0 Å². The zero-order valence-corrected chi connectivity index (χ0v) is 12.9. The number of nitrogen functional groups attached to an aromatic ring is 1. The third-order valence-corrected chi connectivity index (χ3v) is 4.49. The van der Waals surface area contributed by atoms with E-state index >= 15 is 0 Å². The second kappa shape index (κ2) is 6.41. The topological polar surface area (TPSA) is 62.5 Å². The first-order valence-electron chi connectivity index (χ1n) is 7.09.